The van der Waals surface area contributed by atoms with E-state index in [9.17, 15) is 4.79 Å². The molecule has 0 radical (unpaired) electrons. The third-order valence-corrected chi connectivity index (χ3v) is 4.19. The predicted molar refractivity (Wildman–Crippen MR) is 81.3 cm³/mol. The number of nitrogens with one attached hydrogen (secondary N) is 1. The summed E-state index contributed by atoms with van der Waals surface area (Å²) >= 11 is 4.63. The normalized spacial score (nSPS) is 12.2. The van der Waals surface area contributed by atoms with Crippen molar-refractivity contribution < 1.29 is 4.79 Å². The number of thiazole rings is 1. The number of nitrogens with zero attached hydrogens (tertiary/aromatic N) is 1. The van der Waals surface area contributed by atoms with Gasteiger partial charge in [0.25, 0.3) is 5.91 Å². The molecule has 0 spiro atoms. The lowest BCUT2D eigenvalue weighted by Crippen LogP contribution is -2.26. The molecular formula is C13H14BrN3OS. The Bertz CT molecular complexity index is 612. The highest BCUT2D eigenvalue weighted by Gasteiger charge is 2.17. The number of rotatable bonds is 3. The molecule has 1 amide bonds. The Morgan fingerprint density at radius 3 is 2.84 bits per heavy atom. The van der Waals surface area contributed by atoms with Crippen molar-refractivity contribution in [2.45, 2.75) is 19.9 Å². The molecule has 1 heterocycles. The van der Waals surface area contributed by atoms with Gasteiger partial charge in [-0.05, 0) is 31.5 Å². The lowest BCUT2D eigenvalue weighted by atomic mass is 10.1. The Balaban J connectivity index is 2.13. The lowest BCUT2D eigenvalue weighted by Gasteiger charge is -2.14. The summed E-state index contributed by atoms with van der Waals surface area (Å²) < 4.78 is 0.990. The summed E-state index contributed by atoms with van der Waals surface area (Å²) in [6.45, 7) is 3.73. The Labute approximate surface area is 124 Å². The number of nitrogens with two attached hydrogens (primary N) is 1. The van der Waals surface area contributed by atoms with Gasteiger partial charge in [0.2, 0.25) is 0 Å². The van der Waals surface area contributed by atoms with E-state index in [0.717, 1.165) is 10.0 Å². The number of hydrogen-bond acceptors (Lipinski definition) is 4. The molecule has 3 N–H and O–H groups in total. The van der Waals surface area contributed by atoms with Gasteiger partial charge in [0, 0.05) is 4.47 Å². The van der Waals surface area contributed by atoms with Gasteiger partial charge in [-0.2, -0.15) is 0 Å². The van der Waals surface area contributed by atoms with Crippen LogP contribution in [0.25, 0.3) is 0 Å². The topological polar surface area (TPSA) is 68.0 Å². The molecule has 0 bridgehead atoms. The predicted octanol–water partition coefficient (Wildman–Crippen LogP) is 3.29. The average Bonchev–Trinajstić information content (AvgIpc) is 2.68. The van der Waals surface area contributed by atoms with Crippen molar-refractivity contribution in [3.63, 3.8) is 0 Å². The number of nitrogen functional groups attached to an aromatic ring is 1. The molecule has 0 unspecified atom stereocenters. The van der Waals surface area contributed by atoms with Crippen LogP contribution in [-0.4, -0.2) is 10.9 Å². The zero-order chi connectivity index (χ0) is 14.0. The molecule has 2 rings (SSSR count). The first kappa shape index (κ1) is 14.0. The molecule has 1 aromatic carbocycles. The van der Waals surface area contributed by atoms with Crippen molar-refractivity contribution in [2.75, 3.05) is 5.73 Å². The monoisotopic (exact) mass is 339 g/mol. The summed E-state index contributed by atoms with van der Waals surface area (Å²) in [6, 6.07) is 7.78. The molecule has 6 heteroatoms. The number of carbonyl (C=O) groups excluding carboxylic acids is 1. The SMILES string of the molecule is Cc1nc(N)sc1C(=O)N[C@H](C)c1cccc(Br)c1. The maximum absolute atomic E-state index is 12.1. The minimum Gasteiger partial charge on any atom is -0.375 e. The Morgan fingerprint density at radius 1 is 1.53 bits per heavy atom. The van der Waals surface area contributed by atoms with Crippen LogP contribution in [-0.2, 0) is 0 Å². The van der Waals surface area contributed by atoms with E-state index in [0.29, 0.717) is 15.7 Å². The summed E-state index contributed by atoms with van der Waals surface area (Å²) in [7, 11) is 0. The number of amides is 1. The minimum atomic E-state index is -0.140. The smallest absolute Gasteiger partial charge is 0.263 e. The fourth-order valence-corrected chi connectivity index (χ4v) is 2.90. The molecule has 1 atom stereocenters. The second-order valence-electron chi connectivity index (χ2n) is 4.22. The third-order valence-electron chi connectivity index (χ3n) is 2.72. The summed E-state index contributed by atoms with van der Waals surface area (Å²) in [5.41, 5.74) is 7.31. The van der Waals surface area contributed by atoms with Gasteiger partial charge in [0.05, 0.1) is 11.7 Å². The van der Waals surface area contributed by atoms with E-state index in [4.69, 9.17) is 5.73 Å². The Hall–Kier alpha value is -1.40. The van der Waals surface area contributed by atoms with Gasteiger partial charge in [0.1, 0.15) is 4.88 Å². The fourth-order valence-electron chi connectivity index (χ4n) is 1.75. The molecular weight excluding hydrogens is 326 g/mol. The number of halogens is 1. The van der Waals surface area contributed by atoms with Gasteiger partial charge in [-0.3, -0.25) is 4.79 Å². The number of aromatic nitrogens is 1. The molecule has 0 aliphatic carbocycles. The van der Waals surface area contributed by atoms with E-state index in [1.807, 2.05) is 31.2 Å². The van der Waals surface area contributed by atoms with E-state index in [2.05, 4.69) is 26.2 Å². The van der Waals surface area contributed by atoms with Crippen molar-refractivity contribution >= 4 is 38.3 Å². The quantitative estimate of drug-likeness (QED) is 0.901. The van der Waals surface area contributed by atoms with E-state index >= 15 is 0 Å². The van der Waals surface area contributed by atoms with Crippen LogP contribution in [0.2, 0.25) is 0 Å². The van der Waals surface area contributed by atoms with Crippen LogP contribution in [0.5, 0.6) is 0 Å². The highest BCUT2D eigenvalue weighted by Crippen LogP contribution is 2.22. The van der Waals surface area contributed by atoms with Crippen molar-refractivity contribution in [1.29, 1.82) is 0 Å². The van der Waals surface area contributed by atoms with Gasteiger partial charge >= 0.3 is 0 Å². The number of benzene rings is 1. The minimum absolute atomic E-state index is 0.0762. The van der Waals surface area contributed by atoms with Crippen molar-refractivity contribution in [2.24, 2.45) is 0 Å². The first-order valence-corrected chi connectivity index (χ1v) is 7.37. The van der Waals surface area contributed by atoms with Crippen LogP contribution in [0, 0.1) is 6.92 Å². The van der Waals surface area contributed by atoms with Crippen LogP contribution in [0.15, 0.2) is 28.7 Å². The van der Waals surface area contributed by atoms with Gasteiger partial charge in [-0.15, -0.1) is 0 Å². The van der Waals surface area contributed by atoms with E-state index < -0.39 is 0 Å². The zero-order valence-corrected chi connectivity index (χ0v) is 13.0. The molecule has 19 heavy (non-hydrogen) atoms. The number of carbonyl (C=O) groups is 1. The number of anilines is 1. The largest absolute Gasteiger partial charge is 0.375 e. The second kappa shape index (κ2) is 5.71. The first-order valence-electron chi connectivity index (χ1n) is 5.76. The molecule has 0 aliphatic heterocycles. The van der Waals surface area contributed by atoms with Crippen LogP contribution in [0.3, 0.4) is 0 Å². The zero-order valence-electron chi connectivity index (χ0n) is 10.6. The second-order valence-corrected chi connectivity index (χ2v) is 6.16. The van der Waals surface area contributed by atoms with Crippen molar-refractivity contribution in [3.05, 3.63) is 44.9 Å². The van der Waals surface area contributed by atoms with Gasteiger partial charge < -0.3 is 11.1 Å². The molecule has 0 saturated heterocycles. The third kappa shape index (κ3) is 3.33. The molecule has 100 valence electrons. The van der Waals surface area contributed by atoms with Crippen LogP contribution in [0.1, 0.15) is 33.9 Å². The van der Waals surface area contributed by atoms with E-state index in [-0.39, 0.29) is 11.9 Å². The highest BCUT2D eigenvalue weighted by atomic mass is 79.9. The standard InChI is InChI=1S/C13H14BrN3OS/c1-7(9-4-3-5-10(14)6-9)16-12(18)11-8(2)17-13(15)19-11/h3-7H,1-2H3,(H2,15,17)(H,16,18)/t7-/m1/s1. The molecule has 1 aromatic heterocycles. The summed E-state index contributed by atoms with van der Waals surface area (Å²) in [5, 5.41) is 3.36. The maximum atomic E-state index is 12.1. The lowest BCUT2D eigenvalue weighted by molar-refractivity contribution is 0.0943. The van der Waals surface area contributed by atoms with Crippen LogP contribution in [0.4, 0.5) is 5.13 Å². The van der Waals surface area contributed by atoms with E-state index in [1.165, 1.54) is 11.3 Å². The van der Waals surface area contributed by atoms with Crippen LogP contribution < -0.4 is 11.1 Å². The van der Waals surface area contributed by atoms with E-state index in [1.54, 1.807) is 6.92 Å². The molecule has 0 saturated carbocycles. The maximum Gasteiger partial charge on any atom is 0.263 e. The number of aryl methyl sites for hydroxylation is 1. The highest BCUT2D eigenvalue weighted by molar-refractivity contribution is 9.10. The Morgan fingerprint density at radius 2 is 2.26 bits per heavy atom. The summed E-state index contributed by atoms with van der Waals surface area (Å²) in [6.07, 6.45) is 0. The summed E-state index contributed by atoms with van der Waals surface area (Å²) in [4.78, 5) is 16.8. The first-order chi connectivity index (χ1) is 8.97. The average molecular weight is 340 g/mol. The molecule has 0 fully saturated rings. The number of hydrogen-bond donors (Lipinski definition) is 2. The van der Waals surface area contributed by atoms with Gasteiger partial charge in [-0.25, -0.2) is 4.98 Å². The molecule has 4 nitrogen and oxygen atoms in total. The Kier molecular flexibility index (Phi) is 4.21. The summed E-state index contributed by atoms with van der Waals surface area (Å²) in [5.74, 6) is -0.140. The van der Waals surface area contributed by atoms with Crippen molar-refractivity contribution in [1.82, 2.24) is 10.3 Å². The van der Waals surface area contributed by atoms with Gasteiger partial charge in [0.15, 0.2) is 5.13 Å². The van der Waals surface area contributed by atoms with Gasteiger partial charge in [-0.1, -0.05) is 39.4 Å². The van der Waals surface area contributed by atoms with Crippen LogP contribution >= 0.6 is 27.3 Å². The molecule has 0 aliphatic rings. The fraction of sp³-hybridized carbons (Fsp3) is 0.231. The molecule has 2 aromatic rings. The van der Waals surface area contributed by atoms with Crippen molar-refractivity contribution in [3.8, 4) is 0 Å².